The number of rotatable bonds is 4. The highest BCUT2D eigenvalue weighted by Gasteiger charge is 2.30. The Hall–Kier alpha value is -3.08. The fraction of sp³-hybridized carbons (Fsp3) is 0.0952. The highest BCUT2D eigenvalue weighted by Crippen LogP contribution is 2.31. The molecule has 0 spiro atoms. The first-order valence-electron chi connectivity index (χ1n) is 8.04. The Morgan fingerprint density at radius 3 is 2.08 bits per heavy atom. The van der Waals surface area contributed by atoms with Gasteiger partial charge in [-0.1, -0.05) is 60.7 Å². The predicted molar refractivity (Wildman–Crippen MR) is 94.5 cm³/mol. The molecule has 3 aromatic carbocycles. The van der Waals surface area contributed by atoms with E-state index in [1.165, 1.54) is 12.1 Å². The van der Waals surface area contributed by atoms with E-state index in [1.807, 2.05) is 30.3 Å². The molecule has 3 aromatic rings. The van der Waals surface area contributed by atoms with Crippen molar-refractivity contribution < 1.29 is 18.0 Å². The Kier molecular flexibility index (Phi) is 5.07. The van der Waals surface area contributed by atoms with Crippen molar-refractivity contribution in [1.29, 1.82) is 0 Å². The molecule has 1 N–H and O–H groups in total. The summed E-state index contributed by atoms with van der Waals surface area (Å²) in [7, 11) is 0. The zero-order valence-electron chi connectivity index (χ0n) is 13.8. The summed E-state index contributed by atoms with van der Waals surface area (Å²) in [6, 6.07) is 21.1. The van der Waals surface area contributed by atoms with Crippen molar-refractivity contribution in [1.82, 2.24) is 5.32 Å². The number of hydrogen-bond donors (Lipinski definition) is 1. The van der Waals surface area contributed by atoms with E-state index in [0.29, 0.717) is 23.2 Å². The number of carbonyl (C=O) groups is 1. The Morgan fingerprint density at radius 2 is 1.42 bits per heavy atom. The minimum absolute atomic E-state index is 0.274. The largest absolute Gasteiger partial charge is 0.416 e. The maximum Gasteiger partial charge on any atom is 0.416 e. The molecular formula is C21H16F3NO. The summed E-state index contributed by atoms with van der Waals surface area (Å²) in [5, 5.41) is 2.84. The highest BCUT2D eigenvalue weighted by atomic mass is 19.4. The van der Waals surface area contributed by atoms with Gasteiger partial charge in [-0.25, -0.2) is 0 Å². The van der Waals surface area contributed by atoms with Crippen molar-refractivity contribution in [3.8, 4) is 11.1 Å². The van der Waals surface area contributed by atoms with Crippen LogP contribution in [0.2, 0.25) is 0 Å². The molecule has 0 radical (unpaired) electrons. The average Bonchev–Trinajstić information content (AvgIpc) is 2.66. The smallest absolute Gasteiger partial charge is 0.348 e. The van der Waals surface area contributed by atoms with Crippen LogP contribution in [-0.4, -0.2) is 5.91 Å². The predicted octanol–water partition coefficient (Wildman–Crippen LogP) is 5.30. The Balaban J connectivity index is 1.82. The van der Waals surface area contributed by atoms with Crippen LogP contribution in [0, 0.1) is 0 Å². The normalized spacial score (nSPS) is 11.2. The first-order chi connectivity index (χ1) is 12.4. The van der Waals surface area contributed by atoms with Crippen LogP contribution in [0.15, 0.2) is 78.9 Å². The minimum Gasteiger partial charge on any atom is -0.348 e. The number of amides is 1. The second-order valence-electron chi connectivity index (χ2n) is 5.79. The molecule has 2 nitrogen and oxygen atoms in total. The van der Waals surface area contributed by atoms with Gasteiger partial charge in [-0.15, -0.1) is 0 Å². The number of hydrogen-bond acceptors (Lipinski definition) is 1. The van der Waals surface area contributed by atoms with Gasteiger partial charge in [0.2, 0.25) is 0 Å². The van der Waals surface area contributed by atoms with Crippen LogP contribution in [0.4, 0.5) is 13.2 Å². The third-order valence-electron chi connectivity index (χ3n) is 3.99. The monoisotopic (exact) mass is 355 g/mol. The first kappa shape index (κ1) is 17.7. The molecule has 0 aliphatic carbocycles. The molecule has 0 fully saturated rings. The number of halogens is 3. The molecule has 0 aliphatic rings. The van der Waals surface area contributed by atoms with Crippen molar-refractivity contribution in [2.24, 2.45) is 0 Å². The van der Waals surface area contributed by atoms with Crippen molar-refractivity contribution in [3.05, 3.63) is 95.6 Å². The Labute approximate surface area is 149 Å². The molecule has 1 amide bonds. The summed E-state index contributed by atoms with van der Waals surface area (Å²) >= 11 is 0. The van der Waals surface area contributed by atoms with Crippen LogP contribution >= 0.6 is 0 Å². The van der Waals surface area contributed by atoms with Gasteiger partial charge in [-0.3, -0.25) is 4.79 Å². The Morgan fingerprint density at radius 1 is 0.808 bits per heavy atom. The summed E-state index contributed by atoms with van der Waals surface area (Å²) in [4.78, 5) is 12.5. The third kappa shape index (κ3) is 4.11. The average molecular weight is 355 g/mol. The van der Waals surface area contributed by atoms with Gasteiger partial charge in [0, 0.05) is 12.1 Å². The number of benzene rings is 3. The molecule has 26 heavy (non-hydrogen) atoms. The van der Waals surface area contributed by atoms with Gasteiger partial charge in [-0.2, -0.15) is 13.2 Å². The summed E-state index contributed by atoms with van der Waals surface area (Å²) < 4.78 is 38.2. The molecule has 0 aliphatic heterocycles. The van der Waals surface area contributed by atoms with Gasteiger partial charge in [0.15, 0.2) is 0 Å². The maximum atomic E-state index is 12.7. The molecule has 0 bridgehead atoms. The van der Waals surface area contributed by atoms with Crippen LogP contribution in [0.25, 0.3) is 11.1 Å². The fourth-order valence-corrected chi connectivity index (χ4v) is 2.65. The van der Waals surface area contributed by atoms with Crippen molar-refractivity contribution in [2.75, 3.05) is 0 Å². The first-order valence-corrected chi connectivity index (χ1v) is 8.04. The SMILES string of the molecule is O=C(NCc1ccccc1)c1ccccc1-c1ccc(C(F)(F)F)cc1. The lowest BCUT2D eigenvalue weighted by atomic mass is 9.98. The van der Waals surface area contributed by atoms with Crippen LogP contribution in [0.3, 0.4) is 0 Å². The van der Waals surface area contributed by atoms with Gasteiger partial charge < -0.3 is 5.32 Å². The zero-order valence-corrected chi connectivity index (χ0v) is 13.8. The van der Waals surface area contributed by atoms with E-state index in [0.717, 1.165) is 17.7 Å². The van der Waals surface area contributed by atoms with Crippen molar-refractivity contribution >= 4 is 5.91 Å². The number of alkyl halides is 3. The molecular weight excluding hydrogens is 339 g/mol. The molecule has 132 valence electrons. The van der Waals surface area contributed by atoms with Gasteiger partial charge in [0.25, 0.3) is 5.91 Å². The summed E-state index contributed by atoms with van der Waals surface area (Å²) in [6.45, 7) is 0.376. The molecule has 5 heteroatoms. The molecule has 0 heterocycles. The van der Waals surface area contributed by atoms with E-state index in [2.05, 4.69) is 5.32 Å². The van der Waals surface area contributed by atoms with E-state index in [4.69, 9.17) is 0 Å². The van der Waals surface area contributed by atoms with Gasteiger partial charge in [0.05, 0.1) is 5.56 Å². The van der Waals surface area contributed by atoms with E-state index >= 15 is 0 Å². The molecule has 0 atom stereocenters. The summed E-state index contributed by atoms with van der Waals surface area (Å²) in [5.74, 6) is -0.274. The van der Waals surface area contributed by atoms with Gasteiger partial charge in [-0.05, 0) is 34.9 Å². The molecule has 3 rings (SSSR count). The van der Waals surface area contributed by atoms with E-state index in [9.17, 15) is 18.0 Å². The van der Waals surface area contributed by atoms with E-state index < -0.39 is 11.7 Å². The third-order valence-corrected chi connectivity index (χ3v) is 3.99. The van der Waals surface area contributed by atoms with Crippen LogP contribution < -0.4 is 5.32 Å². The lowest BCUT2D eigenvalue weighted by Gasteiger charge is -2.12. The van der Waals surface area contributed by atoms with Crippen molar-refractivity contribution in [2.45, 2.75) is 12.7 Å². The number of carbonyl (C=O) groups excluding carboxylic acids is 1. The molecule has 0 aromatic heterocycles. The topological polar surface area (TPSA) is 29.1 Å². The minimum atomic E-state index is -4.38. The number of nitrogens with one attached hydrogen (secondary N) is 1. The lowest BCUT2D eigenvalue weighted by Crippen LogP contribution is -2.23. The van der Waals surface area contributed by atoms with E-state index in [-0.39, 0.29) is 5.91 Å². The molecule has 0 saturated carbocycles. The summed E-state index contributed by atoms with van der Waals surface area (Å²) in [6.07, 6.45) is -4.38. The molecule has 0 saturated heterocycles. The lowest BCUT2D eigenvalue weighted by molar-refractivity contribution is -0.137. The highest BCUT2D eigenvalue weighted by molar-refractivity contribution is 6.00. The van der Waals surface area contributed by atoms with Crippen LogP contribution in [0.1, 0.15) is 21.5 Å². The Bertz CT molecular complexity index is 887. The zero-order chi connectivity index (χ0) is 18.6. The maximum absolute atomic E-state index is 12.7. The fourth-order valence-electron chi connectivity index (χ4n) is 2.65. The molecule has 0 unspecified atom stereocenters. The second kappa shape index (κ2) is 7.44. The van der Waals surface area contributed by atoms with Crippen LogP contribution in [0.5, 0.6) is 0 Å². The van der Waals surface area contributed by atoms with E-state index in [1.54, 1.807) is 24.3 Å². The van der Waals surface area contributed by atoms with Gasteiger partial charge in [0.1, 0.15) is 0 Å². The second-order valence-corrected chi connectivity index (χ2v) is 5.79. The van der Waals surface area contributed by atoms with Gasteiger partial charge >= 0.3 is 6.18 Å². The quantitative estimate of drug-likeness (QED) is 0.676. The van der Waals surface area contributed by atoms with Crippen LogP contribution in [-0.2, 0) is 12.7 Å². The van der Waals surface area contributed by atoms with Crippen molar-refractivity contribution in [3.63, 3.8) is 0 Å². The standard InChI is InChI=1S/C21H16F3NO/c22-21(23,24)17-12-10-16(11-13-17)18-8-4-5-9-19(18)20(26)25-14-15-6-2-1-3-7-15/h1-13H,14H2,(H,25,26). The summed E-state index contributed by atoms with van der Waals surface area (Å²) in [5.41, 5.74) is 1.82.